The van der Waals surface area contributed by atoms with Crippen LogP contribution in [0.15, 0.2) is 0 Å². The lowest BCUT2D eigenvalue weighted by atomic mass is 9.91. The van der Waals surface area contributed by atoms with Crippen LogP contribution in [0.2, 0.25) is 0 Å². The van der Waals surface area contributed by atoms with Gasteiger partial charge in [-0.2, -0.15) is 0 Å². The molecule has 3 heteroatoms. The zero-order valence-electron chi connectivity index (χ0n) is 8.00. The molecular formula is C9H17NO2. The van der Waals surface area contributed by atoms with Crippen LogP contribution >= 0.6 is 0 Å². The lowest BCUT2D eigenvalue weighted by Gasteiger charge is -2.19. The van der Waals surface area contributed by atoms with Crippen molar-refractivity contribution in [2.45, 2.75) is 33.2 Å². The molecule has 1 heterocycles. The van der Waals surface area contributed by atoms with Gasteiger partial charge >= 0.3 is 5.97 Å². The van der Waals surface area contributed by atoms with Gasteiger partial charge in [0.15, 0.2) is 0 Å². The molecule has 3 nitrogen and oxygen atoms in total. The second kappa shape index (κ2) is 3.05. The molecule has 0 spiro atoms. The summed E-state index contributed by atoms with van der Waals surface area (Å²) in [4.78, 5) is 12.8. The highest BCUT2D eigenvalue weighted by Crippen LogP contribution is 2.33. The van der Waals surface area contributed by atoms with Gasteiger partial charge < -0.3 is 5.11 Å². The first-order chi connectivity index (χ1) is 5.46. The van der Waals surface area contributed by atoms with Gasteiger partial charge in [0.05, 0.1) is 0 Å². The van der Waals surface area contributed by atoms with Gasteiger partial charge in [-0.25, -0.2) is 0 Å². The maximum atomic E-state index is 10.8. The highest BCUT2D eigenvalue weighted by Gasteiger charge is 2.40. The highest BCUT2D eigenvalue weighted by molar-refractivity contribution is 5.74. The van der Waals surface area contributed by atoms with Gasteiger partial charge in [-0.1, -0.05) is 20.8 Å². The SMILES string of the molecule is CCN1CC(C)(C)C[C@H]1C(=O)O. The van der Waals surface area contributed by atoms with Crippen molar-refractivity contribution in [3.8, 4) is 0 Å². The summed E-state index contributed by atoms with van der Waals surface area (Å²) in [5.41, 5.74) is 0.166. The molecule has 0 aromatic heterocycles. The monoisotopic (exact) mass is 171 g/mol. The van der Waals surface area contributed by atoms with Crippen molar-refractivity contribution >= 4 is 5.97 Å². The van der Waals surface area contributed by atoms with Crippen molar-refractivity contribution in [3.63, 3.8) is 0 Å². The quantitative estimate of drug-likeness (QED) is 0.678. The Hall–Kier alpha value is -0.570. The number of likely N-dealkylation sites (tertiary alicyclic amines) is 1. The first kappa shape index (κ1) is 9.52. The first-order valence-corrected chi connectivity index (χ1v) is 4.43. The number of carbonyl (C=O) groups is 1. The second-order valence-corrected chi connectivity index (χ2v) is 4.29. The topological polar surface area (TPSA) is 40.5 Å². The minimum atomic E-state index is -0.678. The Labute approximate surface area is 73.4 Å². The van der Waals surface area contributed by atoms with Crippen LogP contribution in [0.4, 0.5) is 0 Å². The van der Waals surface area contributed by atoms with Gasteiger partial charge in [-0.05, 0) is 18.4 Å². The van der Waals surface area contributed by atoms with E-state index in [1.165, 1.54) is 0 Å². The summed E-state index contributed by atoms with van der Waals surface area (Å²) in [6, 6.07) is -0.259. The number of hydrogen-bond acceptors (Lipinski definition) is 2. The zero-order chi connectivity index (χ0) is 9.35. The summed E-state index contributed by atoms with van der Waals surface area (Å²) < 4.78 is 0. The molecule has 0 saturated carbocycles. The second-order valence-electron chi connectivity index (χ2n) is 4.29. The van der Waals surface area contributed by atoms with Crippen LogP contribution in [0.1, 0.15) is 27.2 Å². The summed E-state index contributed by atoms with van der Waals surface area (Å²) >= 11 is 0. The molecule has 1 fully saturated rings. The van der Waals surface area contributed by atoms with E-state index in [1.807, 2.05) is 11.8 Å². The number of nitrogens with zero attached hydrogens (tertiary/aromatic N) is 1. The highest BCUT2D eigenvalue weighted by atomic mass is 16.4. The lowest BCUT2D eigenvalue weighted by molar-refractivity contribution is -0.142. The Bertz CT molecular complexity index is 189. The number of carboxylic acids is 1. The van der Waals surface area contributed by atoms with E-state index < -0.39 is 5.97 Å². The van der Waals surface area contributed by atoms with Crippen LogP contribution in [0, 0.1) is 5.41 Å². The van der Waals surface area contributed by atoms with Crippen LogP contribution in [-0.2, 0) is 4.79 Å². The number of hydrogen-bond donors (Lipinski definition) is 1. The summed E-state index contributed by atoms with van der Waals surface area (Å²) in [6.45, 7) is 8.00. The fraction of sp³-hybridized carbons (Fsp3) is 0.889. The van der Waals surface area contributed by atoms with Crippen LogP contribution in [0.25, 0.3) is 0 Å². The Morgan fingerprint density at radius 2 is 2.25 bits per heavy atom. The van der Waals surface area contributed by atoms with Crippen molar-refractivity contribution in [2.24, 2.45) is 5.41 Å². The summed E-state index contributed by atoms with van der Waals surface area (Å²) in [5.74, 6) is -0.678. The molecule has 0 amide bonds. The van der Waals surface area contributed by atoms with E-state index in [9.17, 15) is 4.79 Å². The molecular weight excluding hydrogens is 154 g/mol. The van der Waals surface area contributed by atoms with Crippen LogP contribution < -0.4 is 0 Å². The minimum Gasteiger partial charge on any atom is -0.480 e. The molecule has 1 N–H and O–H groups in total. The fourth-order valence-electron chi connectivity index (χ4n) is 1.95. The average molecular weight is 171 g/mol. The minimum absolute atomic E-state index is 0.166. The first-order valence-electron chi connectivity index (χ1n) is 4.43. The third-order valence-corrected chi connectivity index (χ3v) is 2.51. The van der Waals surface area contributed by atoms with E-state index in [4.69, 9.17) is 5.11 Å². The smallest absolute Gasteiger partial charge is 0.320 e. The molecule has 0 unspecified atom stereocenters. The van der Waals surface area contributed by atoms with E-state index in [0.717, 1.165) is 19.5 Å². The van der Waals surface area contributed by atoms with Crippen molar-refractivity contribution in [3.05, 3.63) is 0 Å². The van der Waals surface area contributed by atoms with Crippen molar-refractivity contribution in [1.29, 1.82) is 0 Å². The number of carboxylic acid groups (broad SMARTS) is 1. The third kappa shape index (κ3) is 1.78. The van der Waals surface area contributed by atoms with E-state index in [0.29, 0.717) is 0 Å². The Kier molecular flexibility index (Phi) is 2.42. The number of aliphatic carboxylic acids is 1. The molecule has 12 heavy (non-hydrogen) atoms. The Morgan fingerprint density at radius 1 is 1.67 bits per heavy atom. The lowest BCUT2D eigenvalue weighted by Crippen LogP contribution is -2.35. The summed E-state index contributed by atoms with van der Waals surface area (Å²) in [5, 5.41) is 8.91. The largest absolute Gasteiger partial charge is 0.480 e. The van der Waals surface area contributed by atoms with Crippen molar-refractivity contribution in [2.75, 3.05) is 13.1 Å². The number of rotatable bonds is 2. The predicted molar refractivity (Wildman–Crippen MR) is 47.1 cm³/mol. The molecule has 0 aliphatic carbocycles. The molecule has 1 aliphatic heterocycles. The molecule has 1 aliphatic rings. The van der Waals surface area contributed by atoms with E-state index in [-0.39, 0.29) is 11.5 Å². The normalized spacial score (nSPS) is 29.1. The molecule has 70 valence electrons. The van der Waals surface area contributed by atoms with Gasteiger partial charge in [-0.15, -0.1) is 0 Å². The Morgan fingerprint density at radius 3 is 2.58 bits per heavy atom. The summed E-state index contributed by atoms with van der Waals surface area (Å²) in [7, 11) is 0. The maximum absolute atomic E-state index is 10.8. The van der Waals surface area contributed by atoms with Gasteiger partial charge in [0, 0.05) is 6.54 Å². The van der Waals surface area contributed by atoms with Crippen LogP contribution in [0.5, 0.6) is 0 Å². The van der Waals surface area contributed by atoms with E-state index in [1.54, 1.807) is 0 Å². The summed E-state index contributed by atoms with van der Waals surface area (Å²) in [6.07, 6.45) is 0.774. The zero-order valence-corrected chi connectivity index (χ0v) is 8.00. The van der Waals surface area contributed by atoms with Crippen molar-refractivity contribution < 1.29 is 9.90 Å². The molecule has 1 rings (SSSR count). The van der Waals surface area contributed by atoms with E-state index >= 15 is 0 Å². The van der Waals surface area contributed by atoms with Crippen molar-refractivity contribution in [1.82, 2.24) is 4.90 Å². The predicted octanol–water partition coefficient (Wildman–Crippen LogP) is 1.19. The molecule has 0 aromatic carbocycles. The Balaban J connectivity index is 2.69. The van der Waals surface area contributed by atoms with Gasteiger partial charge in [0.25, 0.3) is 0 Å². The molecule has 1 atom stereocenters. The van der Waals surface area contributed by atoms with Crippen LogP contribution in [0.3, 0.4) is 0 Å². The number of likely N-dealkylation sites (N-methyl/N-ethyl adjacent to an activating group) is 1. The third-order valence-electron chi connectivity index (χ3n) is 2.51. The molecule has 1 saturated heterocycles. The fourth-order valence-corrected chi connectivity index (χ4v) is 1.95. The van der Waals surface area contributed by atoms with Crippen LogP contribution in [-0.4, -0.2) is 35.1 Å². The maximum Gasteiger partial charge on any atom is 0.320 e. The standard InChI is InChI=1S/C9H17NO2/c1-4-10-6-9(2,3)5-7(10)8(11)12/h7H,4-6H2,1-3H3,(H,11,12)/t7-/m0/s1. The van der Waals surface area contributed by atoms with Gasteiger partial charge in [-0.3, -0.25) is 9.69 Å². The van der Waals surface area contributed by atoms with Gasteiger partial charge in [0.2, 0.25) is 0 Å². The molecule has 0 aromatic rings. The van der Waals surface area contributed by atoms with E-state index in [2.05, 4.69) is 13.8 Å². The van der Waals surface area contributed by atoms with Gasteiger partial charge in [0.1, 0.15) is 6.04 Å². The molecule has 0 bridgehead atoms. The average Bonchev–Trinajstić information content (AvgIpc) is 2.25. The molecule has 0 radical (unpaired) electrons.